The summed E-state index contributed by atoms with van der Waals surface area (Å²) < 4.78 is 17.3. The van der Waals surface area contributed by atoms with Gasteiger partial charge in [-0.3, -0.25) is 4.79 Å². The minimum absolute atomic E-state index is 0.0366. The highest BCUT2D eigenvalue weighted by atomic mass is 16.7. The van der Waals surface area contributed by atoms with E-state index in [2.05, 4.69) is 15.5 Å². The second-order valence-corrected chi connectivity index (χ2v) is 7.96. The van der Waals surface area contributed by atoms with Crippen LogP contribution in [0.1, 0.15) is 24.2 Å². The zero-order chi connectivity index (χ0) is 23.8. The van der Waals surface area contributed by atoms with Crippen molar-refractivity contribution in [3.8, 4) is 0 Å². The Morgan fingerprint density at radius 1 is 1.26 bits per heavy atom. The summed E-state index contributed by atoms with van der Waals surface area (Å²) in [6.45, 7) is 3.18. The van der Waals surface area contributed by atoms with Gasteiger partial charge in [0.15, 0.2) is 25.7 Å². The van der Waals surface area contributed by atoms with Crippen molar-refractivity contribution < 1.29 is 33.0 Å². The lowest BCUT2D eigenvalue weighted by Gasteiger charge is -2.24. The number of amides is 4. The Morgan fingerprint density at radius 2 is 2.06 bits per heavy atom. The van der Waals surface area contributed by atoms with Crippen LogP contribution in [0.5, 0.6) is 0 Å². The first-order chi connectivity index (χ1) is 16.4. The predicted octanol–water partition coefficient (Wildman–Crippen LogP) is 1.69. The third-order valence-corrected chi connectivity index (χ3v) is 5.67. The standard InChI is InChI=1S/C23H21N5O6/c1-3-14-4-6-15(7-5-14)25-20(29)10-27-17-9-19-18(32-12-33-19)8-16(17)22(30)28(23(27)31)11-21-24-13(2)26-34-21/h4-9,18H,3,10-12H2,1-2H3/p+1. The fourth-order valence-corrected chi connectivity index (χ4v) is 3.93. The number of nitrogens with zero attached hydrogens (tertiary/aromatic N) is 4. The molecule has 1 unspecified atom stereocenters. The summed E-state index contributed by atoms with van der Waals surface area (Å²) in [5.74, 6) is -0.00699. The highest BCUT2D eigenvalue weighted by Crippen LogP contribution is 2.28. The molecule has 4 amide bonds. The number of ether oxygens (including phenoxy) is 2. The Morgan fingerprint density at radius 3 is 2.76 bits per heavy atom. The summed E-state index contributed by atoms with van der Waals surface area (Å²) in [5, 5.41) is 6.50. The summed E-state index contributed by atoms with van der Waals surface area (Å²) in [4.78, 5) is 44.5. The van der Waals surface area contributed by atoms with Crippen LogP contribution in [0.25, 0.3) is 0 Å². The number of fused-ring (bicyclic) bond motifs is 2. The van der Waals surface area contributed by atoms with Gasteiger partial charge in [-0.1, -0.05) is 24.2 Å². The van der Waals surface area contributed by atoms with E-state index in [-0.39, 0.29) is 37.1 Å². The van der Waals surface area contributed by atoms with E-state index in [0.717, 1.165) is 16.9 Å². The molecule has 11 heteroatoms. The van der Waals surface area contributed by atoms with E-state index in [4.69, 9.17) is 14.0 Å². The number of imide groups is 1. The number of aryl methyl sites for hydroxylation is 2. The minimum Gasteiger partial charge on any atom is -0.469 e. The summed E-state index contributed by atoms with van der Waals surface area (Å²) >= 11 is 0. The van der Waals surface area contributed by atoms with Crippen molar-refractivity contribution in [1.29, 1.82) is 0 Å². The van der Waals surface area contributed by atoms with Gasteiger partial charge in [-0.25, -0.2) is 4.79 Å². The van der Waals surface area contributed by atoms with Crippen molar-refractivity contribution in [2.75, 3.05) is 18.7 Å². The lowest BCUT2D eigenvalue weighted by Crippen LogP contribution is -2.53. The summed E-state index contributed by atoms with van der Waals surface area (Å²) in [6.07, 6.45) is 3.51. The third-order valence-electron chi connectivity index (χ3n) is 5.67. The first-order valence-electron chi connectivity index (χ1n) is 10.8. The first-order valence-corrected chi connectivity index (χ1v) is 10.8. The molecule has 5 rings (SSSR count). The number of carbonyl (C=O) groups is 3. The number of nitrogens with one attached hydrogen (secondary N) is 1. The number of rotatable bonds is 6. The second-order valence-electron chi connectivity index (χ2n) is 7.96. The average Bonchev–Trinajstić information content (AvgIpc) is 3.47. The number of anilines is 1. The van der Waals surface area contributed by atoms with Crippen LogP contribution in [0.15, 0.2) is 52.3 Å². The Labute approximate surface area is 194 Å². The molecule has 1 fully saturated rings. The molecule has 3 heterocycles. The maximum absolute atomic E-state index is 13.4. The molecule has 174 valence electrons. The maximum atomic E-state index is 13.4. The van der Waals surface area contributed by atoms with Crippen LogP contribution in [0.2, 0.25) is 0 Å². The topological polar surface area (TPSA) is 127 Å². The van der Waals surface area contributed by atoms with E-state index in [0.29, 0.717) is 17.3 Å². The molecule has 11 nitrogen and oxygen atoms in total. The van der Waals surface area contributed by atoms with Crippen molar-refractivity contribution >= 4 is 29.2 Å². The fraction of sp³-hybridized carbons (Fsp3) is 0.304. The quantitative estimate of drug-likeness (QED) is 0.640. The van der Waals surface area contributed by atoms with Gasteiger partial charge < -0.3 is 19.3 Å². The number of hydrogen-bond acceptors (Lipinski definition) is 8. The normalized spacial score (nSPS) is 19.4. The van der Waals surface area contributed by atoms with Crippen molar-refractivity contribution in [2.24, 2.45) is 0 Å². The highest BCUT2D eigenvalue weighted by Gasteiger charge is 2.48. The number of aromatic nitrogens is 2. The first kappa shape index (κ1) is 21.7. The van der Waals surface area contributed by atoms with E-state index in [1.807, 2.05) is 19.1 Å². The monoisotopic (exact) mass is 464 g/mol. The van der Waals surface area contributed by atoms with Crippen molar-refractivity contribution in [2.45, 2.75) is 32.9 Å². The Balaban J connectivity index is 1.46. The number of urea groups is 1. The summed E-state index contributed by atoms with van der Waals surface area (Å²) in [7, 11) is 0. The molecule has 2 aliphatic heterocycles. The van der Waals surface area contributed by atoms with Gasteiger partial charge in [-0.15, -0.1) is 4.90 Å². The minimum atomic E-state index is -0.682. The third kappa shape index (κ3) is 4.01. The van der Waals surface area contributed by atoms with Gasteiger partial charge in [0.25, 0.3) is 11.8 Å². The van der Waals surface area contributed by atoms with Gasteiger partial charge in [-0.2, -0.15) is 14.4 Å². The lowest BCUT2D eigenvalue weighted by molar-refractivity contribution is -0.424. The molecule has 34 heavy (non-hydrogen) atoms. The average molecular weight is 464 g/mol. The predicted molar refractivity (Wildman–Crippen MR) is 117 cm³/mol. The van der Waals surface area contributed by atoms with Gasteiger partial charge in [-0.05, 0) is 37.1 Å². The van der Waals surface area contributed by atoms with Crippen LogP contribution in [0.3, 0.4) is 0 Å². The zero-order valence-electron chi connectivity index (χ0n) is 18.6. The number of allylic oxidation sites excluding steroid dienone is 1. The molecule has 2 aromatic rings. The molecule has 1 aromatic heterocycles. The van der Waals surface area contributed by atoms with Crippen LogP contribution in [0.4, 0.5) is 10.5 Å². The van der Waals surface area contributed by atoms with Gasteiger partial charge in [0.1, 0.15) is 23.1 Å². The van der Waals surface area contributed by atoms with E-state index in [1.54, 1.807) is 31.2 Å². The SMILES string of the molecule is CCc1ccc(NC(=O)C[N+]2=C3C=C4OCOC4C=C3C(=O)N(Cc3nc(C)no3)C2=O)cc1. The molecule has 0 saturated carbocycles. The summed E-state index contributed by atoms with van der Waals surface area (Å²) in [5.41, 5.74) is 2.26. The molecule has 0 spiro atoms. The van der Waals surface area contributed by atoms with E-state index in [9.17, 15) is 14.4 Å². The molecular formula is C23H22N5O6+. The molecule has 1 saturated heterocycles. The van der Waals surface area contributed by atoms with Crippen LogP contribution < -0.4 is 5.32 Å². The van der Waals surface area contributed by atoms with Crippen molar-refractivity contribution in [3.63, 3.8) is 0 Å². The molecule has 3 aliphatic rings. The van der Waals surface area contributed by atoms with Crippen LogP contribution in [0, 0.1) is 6.92 Å². The number of hydrogen-bond donors (Lipinski definition) is 1. The largest absolute Gasteiger partial charge is 0.502 e. The smallest absolute Gasteiger partial charge is 0.469 e. The molecule has 1 N–H and O–H groups in total. The Kier molecular flexibility index (Phi) is 5.54. The number of benzene rings is 1. The highest BCUT2D eigenvalue weighted by molar-refractivity contribution is 6.29. The maximum Gasteiger partial charge on any atom is 0.502 e. The van der Waals surface area contributed by atoms with Crippen LogP contribution in [-0.2, 0) is 32.0 Å². The van der Waals surface area contributed by atoms with Gasteiger partial charge in [0.2, 0.25) is 0 Å². The van der Waals surface area contributed by atoms with Crippen molar-refractivity contribution in [3.05, 3.63) is 65.0 Å². The molecule has 0 radical (unpaired) electrons. The van der Waals surface area contributed by atoms with E-state index >= 15 is 0 Å². The Hall–Kier alpha value is -4.12. The molecule has 1 atom stereocenters. The fourth-order valence-electron chi connectivity index (χ4n) is 3.93. The summed E-state index contributed by atoms with van der Waals surface area (Å²) in [6, 6.07) is 6.77. The lowest BCUT2D eigenvalue weighted by atomic mass is 9.97. The molecule has 1 aliphatic carbocycles. The molecule has 1 aromatic carbocycles. The molecular weight excluding hydrogens is 442 g/mol. The van der Waals surface area contributed by atoms with Crippen LogP contribution in [-0.4, -0.2) is 62.6 Å². The second kappa shape index (κ2) is 8.67. The van der Waals surface area contributed by atoms with E-state index < -0.39 is 23.9 Å². The van der Waals surface area contributed by atoms with E-state index in [1.165, 1.54) is 4.58 Å². The van der Waals surface area contributed by atoms with Crippen molar-refractivity contribution in [1.82, 2.24) is 15.0 Å². The molecule has 0 bridgehead atoms. The van der Waals surface area contributed by atoms with Crippen LogP contribution >= 0.6 is 0 Å². The Bertz CT molecular complexity index is 1270. The van der Waals surface area contributed by atoms with Gasteiger partial charge in [0, 0.05) is 11.8 Å². The van der Waals surface area contributed by atoms with Gasteiger partial charge >= 0.3 is 11.9 Å². The number of carbonyl (C=O) groups excluding carboxylic acids is 3. The van der Waals surface area contributed by atoms with Gasteiger partial charge in [0.05, 0.1) is 0 Å². The zero-order valence-corrected chi connectivity index (χ0v) is 18.6.